The second-order valence-corrected chi connectivity index (χ2v) is 4.52. The first-order chi connectivity index (χ1) is 8.56. The second-order valence-electron chi connectivity index (χ2n) is 4.08. The standard InChI is InChI=1S/C15H13ClO2/c1-10-8-15(18)12(9-14(10)17)5-2-11-3-6-13(16)7-4-11/h2-9,17-18H,1H3/b5-2+. The van der Waals surface area contributed by atoms with Crippen LogP contribution in [0.4, 0.5) is 0 Å². The molecular weight excluding hydrogens is 248 g/mol. The van der Waals surface area contributed by atoms with Crippen molar-refractivity contribution >= 4 is 23.8 Å². The first-order valence-electron chi connectivity index (χ1n) is 5.52. The third-order valence-corrected chi connectivity index (χ3v) is 2.92. The molecule has 2 N–H and O–H groups in total. The van der Waals surface area contributed by atoms with E-state index in [1.54, 1.807) is 25.1 Å². The van der Waals surface area contributed by atoms with Crippen LogP contribution in [0.5, 0.6) is 11.5 Å². The van der Waals surface area contributed by atoms with Crippen LogP contribution in [-0.4, -0.2) is 10.2 Å². The summed E-state index contributed by atoms with van der Waals surface area (Å²) in [6.07, 6.45) is 3.60. The molecule has 0 aliphatic rings. The van der Waals surface area contributed by atoms with Gasteiger partial charge in [0.05, 0.1) is 0 Å². The molecule has 0 fully saturated rings. The van der Waals surface area contributed by atoms with Crippen LogP contribution in [0.3, 0.4) is 0 Å². The fourth-order valence-corrected chi connectivity index (χ4v) is 1.72. The van der Waals surface area contributed by atoms with E-state index >= 15 is 0 Å². The summed E-state index contributed by atoms with van der Waals surface area (Å²) >= 11 is 5.80. The molecule has 0 unspecified atom stereocenters. The number of phenolic OH excluding ortho intramolecular Hbond substituents is 2. The summed E-state index contributed by atoms with van der Waals surface area (Å²) < 4.78 is 0. The largest absolute Gasteiger partial charge is 0.508 e. The van der Waals surface area contributed by atoms with E-state index < -0.39 is 0 Å². The van der Waals surface area contributed by atoms with Crippen molar-refractivity contribution in [3.05, 3.63) is 58.1 Å². The minimum Gasteiger partial charge on any atom is -0.508 e. The average molecular weight is 261 g/mol. The van der Waals surface area contributed by atoms with Crippen molar-refractivity contribution in [2.45, 2.75) is 6.92 Å². The van der Waals surface area contributed by atoms with Crippen molar-refractivity contribution in [2.24, 2.45) is 0 Å². The van der Waals surface area contributed by atoms with Crippen molar-refractivity contribution in [3.63, 3.8) is 0 Å². The molecule has 92 valence electrons. The Kier molecular flexibility index (Phi) is 3.58. The molecule has 2 nitrogen and oxygen atoms in total. The third-order valence-electron chi connectivity index (χ3n) is 2.67. The van der Waals surface area contributed by atoms with Gasteiger partial charge in [-0.15, -0.1) is 0 Å². The Morgan fingerprint density at radius 3 is 2.28 bits per heavy atom. The quantitative estimate of drug-likeness (QED) is 0.627. The lowest BCUT2D eigenvalue weighted by molar-refractivity contribution is 0.456. The van der Waals surface area contributed by atoms with Crippen molar-refractivity contribution in [1.82, 2.24) is 0 Å². The molecule has 0 atom stereocenters. The molecule has 2 rings (SSSR count). The zero-order valence-electron chi connectivity index (χ0n) is 9.89. The van der Waals surface area contributed by atoms with Gasteiger partial charge in [-0.1, -0.05) is 35.9 Å². The molecular formula is C15H13ClO2. The van der Waals surface area contributed by atoms with Gasteiger partial charge in [-0.3, -0.25) is 0 Å². The normalized spacial score (nSPS) is 11.0. The predicted molar refractivity (Wildman–Crippen MR) is 74.9 cm³/mol. The van der Waals surface area contributed by atoms with Gasteiger partial charge >= 0.3 is 0 Å². The van der Waals surface area contributed by atoms with E-state index in [4.69, 9.17) is 11.6 Å². The molecule has 0 spiro atoms. The van der Waals surface area contributed by atoms with E-state index in [2.05, 4.69) is 0 Å². The summed E-state index contributed by atoms with van der Waals surface area (Å²) in [5.41, 5.74) is 2.20. The van der Waals surface area contributed by atoms with Crippen molar-refractivity contribution in [1.29, 1.82) is 0 Å². The smallest absolute Gasteiger partial charge is 0.123 e. The molecule has 2 aromatic carbocycles. The van der Waals surface area contributed by atoms with E-state index in [0.29, 0.717) is 16.1 Å². The van der Waals surface area contributed by atoms with Crippen LogP contribution < -0.4 is 0 Å². The summed E-state index contributed by atoms with van der Waals surface area (Å²) in [6.45, 7) is 1.74. The highest BCUT2D eigenvalue weighted by Crippen LogP contribution is 2.28. The Balaban J connectivity index is 2.28. The Morgan fingerprint density at radius 1 is 0.944 bits per heavy atom. The molecule has 0 aliphatic carbocycles. The van der Waals surface area contributed by atoms with E-state index in [-0.39, 0.29) is 11.5 Å². The molecule has 0 saturated carbocycles. The topological polar surface area (TPSA) is 40.5 Å². The summed E-state index contributed by atoms with van der Waals surface area (Å²) in [6, 6.07) is 10.4. The van der Waals surface area contributed by atoms with Crippen LogP contribution in [0.25, 0.3) is 12.2 Å². The van der Waals surface area contributed by atoms with E-state index in [9.17, 15) is 10.2 Å². The molecule has 3 heteroatoms. The molecule has 2 aromatic rings. The van der Waals surface area contributed by atoms with Gasteiger partial charge in [0.2, 0.25) is 0 Å². The van der Waals surface area contributed by atoms with Crippen molar-refractivity contribution < 1.29 is 10.2 Å². The zero-order valence-corrected chi connectivity index (χ0v) is 10.6. The first-order valence-corrected chi connectivity index (χ1v) is 5.90. The molecule has 0 saturated heterocycles. The number of halogens is 1. The lowest BCUT2D eigenvalue weighted by Gasteiger charge is -2.03. The maximum Gasteiger partial charge on any atom is 0.123 e. The molecule has 0 heterocycles. The summed E-state index contributed by atoms with van der Waals surface area (Å²) in [5.74, 6) is 0.319. The Hall–Kier alpha value is -1.93. The molecule has 0 radical (unpaired) electrons. The van der Waals surface area contributed by atoms with Gasteiger partial charge in [0.1, 0.15) is 11.5 Å². The van der Waals surface area contributed by atoms with E-state index in [1.165, 1.54) is 12.1 Å². The zero-order chi connectivity index (χ0) is 13.1. The van der Waals surface area contributed by atoms with Crippen molar-refractivity contribution in [3.8, 4) is 11.5 Å². The molecule has 0 aliphatic heterocycles. The van der Waals surface area contributed by atoms with Gasteiger partial charge in [-0.05, 0) is 42.3 Å². The predicted octanol–water partition coefficient (Wildman–Crippen LogP) is 4.23. The number of phenols is 2. The minimum atomic E-state index is 0.149. The Morgan fingerprint density at radius 2 is 1.61 bits per heavy atom. The highest BCUT2D eigenvalue weighted by atomic mass is 35.5. The number of aryl methyl sites for hydroxylation is 1. The summed E-state index contributed by atoms with van der Waals surface area (Å²) in [5, 5.41) is 20.0. The van der Waals surface area contributed by atoms with Crippen LogP contribution in [0, 0.1) is 6.92 Å². The third kappa shape index (κ3) is 2.84. The van der Waals surface area contributed by atoms with Crippen LogP contribution >= 0.6 is 11.6 Å². The van der Waals surface area contributed by atoms with Crippen LogP contribution in [0.2, 0.25) is 5.02 Å². The minimum absolute atomic E-state index is 0.149. The van der Waals surface area contributed by atoms with Gasteiger partial charge in [-0.2, -0.15) is 0 Å². The molecule has 0 aromatic heterocycles. The number of aromatic hydroxyl groups is 2. The number of rotatable bonds is 2. The Labute approximate surface area is 111 Å². The highest BCUT2D eigenvalue weighted by Gasteiger charge is 2.02. The van der Waals surface area contributed by atoms with Crippen LogP contribution in [0.1, 0.15) is 16.7 Å². The van der Waals surface area contributed by atoms with Gasteiger partial charge in [0, 0.05) is 10.6 Å². The fourth-order valence-electron chi connectivity index (χ4n) is 1.59. The lowest BCUT2D eigenvalue weighted by atomic mass is 10.1. The maximum absolute atomic E-state index is 9.75. The second kappa shape index (κ2) is 5.15. The fraction of sp³-hybridized carbons (Fsp3) is 0.0667. The maximum atomic E-state index is 9.75. The van der Waals surface area contributed by atoms with Crippen LogP contribution in [-0.2, 0) is 0 Å². The average Bonchev–Trinajstić information content (AvgIpc) is 2.34. The van der Waals surface area contributed by atoms with Gasteiger partial charge in [0.25, 0.3) is 0 Å². The van der Waals surface area contributed by atoms with Crippen molar-refractivity contribution in [2.75, 3.05) is 0 Å². The van der Waals surface area contributed by atoms with Gasteiger partial charge in [-0.25, -0.2) is 0 Å². The molecule has 0 amide bonds. The summed E-state index contributed by atoms with van der Waals surface area (Å²) in [7, 11) is 0. The highest BCUT2D eigenvalue weighted by molar-refractivity contribution is 6.30. The van der Waals surface area contributed by atoms with Gasteiger partial charge in [0.15, 0.2) is 0 Å². The summed E-state index contributed by atoms with van der Waals surface area (Å²) in [4.78, 5) is 0. The van der Waals surface area contributed by atoms with Gasteiger partial charge < -0.3 is 10.2 Å². The monoisotopic (exact) mass is 260 g/mol. The number of hydrogen-bond acceptors (Lipinski definition) is 2. The number of hydrogen-bond donors (Lipinski definition) is 2. The lowest BCUT2D eigenvalue weighted by Crippen LogP contribution is -1.80. The molecule has 0 bridgehead atoms. The van der Waals surface area contributed by atoms with E-state index in [1.807, 2.05) is 18.2 Å². The SMILES string of the molecule is Cc1cc(O)c(/C=C/c2ccc(Cl)cc2)cc1O. The molecule has 18 heavy (non-hydrogen) atoms. The number of benzene rings is 2. The Bertz CT molecular complexity index is 586. The van der Waals surface area contributed by atoms with Crippen LogP contribution in [0.15, 0.2) is 36.4 Å². The van der Waals surface area contributed by atoms with E-state index in [0.717, 1.165) is 5.56 Å². The first kappa shape index (κ1) is 12.5.